The summed E-state index contributed by atoms with van der Waals surface area (Å²) in [6, 6.07) is 16.1. The highest BCUT2D eigenvalue weighted by Crippen LogP contribution is 2.66. The summed E-state index contributed by atoms with van der Waals surface area (Å²) in [6.07, 6.45) is -8.80. The summed E-state index contributed by atoms with van der Waals surface area (Å²) >= 11 is 0. The molecule has 0 spiro atoms. The van der Waals surface area contributed by atoms with Crippen molar-refractivity contribution in [2.45, 2.75) is 161 Å². The van der Waals surface area contributed by atoms with Crippen LogP contribution in [0.25, 0.3) is 0 Å². The second-order valence-electron chi connectivity index (χ2n) is 20.5. The monoisotopic (exact) mass is 889 g/mol. The number of aliphatic hydroxyl groups excluding tert-OH is 1. The lowest BCUT2D eigenvalue weighted by Gasteiger charge is -2.69. The number of ether oxygens (including phenoxy) is 7. The van der Waals surface area contributed by atoms with Crippen molar-refractivity contribution >= 4 is 30.0 Å². The van der Waals surface area contributed by atoms with Gasteiger partial charge in [0.25, 0.3) is 0 Å². The molecule has 15 heteroatoms. The molecule has 2 aliphatic heterocycles. The molecule has 2 unspecified atom stereocenters. The van der Waals surface area contributed by atoms with E-state index in [0.717, 1.165) is 0 Å². The highest BCUT2D eigenvalue weighted by atomic mass is 16.6. The molecule has 2 bridgehead atoms. The Morgan fingerprint density at radius 2 is 1.47 bits per heavy atom. The van der Waals surface area contributed by atoms with E-state index in [9.17, 15) is 34.2 Å². The Morgan fingerprint density at radius 3 is 2.02 bits per heavy atom. The third-order valence-electron chi connectivity index (χ3n) is 14.7. The van der Waals surface area contributed by atoms with Gasteiger partial charge in [0.15, 0.2) is 17.8 Å². The summed E-state index contributed by atoms with van der Waals surface area (Å²) in [7, 11) is 0. The molecule has 348 valence electrons. The number of carbonyl (C=O) groups excluding carboxylic acids is 5. The molecule has 2 aromatic carbocycles. The molecule has 2 heterocycles. The minimum Gasteiger partial charge on any atom is -0.456 e. The van der Waals surface area contributed by atoms with Crippen molar-refractivity contribution in [1.29, 1.82) is 0 Å². The molecular formula is C49H63NO14. The van der Waals surface area contributed by atoms with Gasteiger partial charge in [0.1, 0.15) is 47.4 Å². The van der Waals surface area contributed by atoms with E-state index in [0.29, 0.717) is 17.6 Å². The molecule has 15 nitrogen and oxygen atoms in total. The summed E-state index contributed by atoms with van der Waals surface area (Å²) in [4.78, 5) is 71.1. The number of amides is 1. The normalized spacial score (nSPS) is 36.2. The molecule has 2 saturated heterocycles. The van der Waals surface area contributed by atoms with Crippen LogP contribution in [0.1, 0.15) is 118 Å². The van der Waals surface area contributed by atoms with Gasteiger partial charge in [-0.15, -0.1) is 0 Å². The lowest BCUT2D eigenvalue weighted by molar-refractivity contribution is -0.358. The minimum absolute atomic E-state index is 0.144. The van der Waals surface area contributed by atoms with E-state index in [4.69, 9.17) is 33.2 Å². The van der Waals surface area contributed by atoms with E-state index in [1.807, 2.05) is 6.92 Å². The number of esters is 4. The molecule has 7 rings (SSSR count). The van der Waals surface area contributed by atoms with Crippen LogP contribution in [-0.4, -0.2) is 111 Å². The highest BCUT2D eigenvalue weighted by Gasteiger charge is 2.77. The topological polar surface area (TPSA) is 194 Å². The van der Waals surface area contributed by atoms with E-state index < -0.39 is 118 Å². The lowest BCUT2D eigenvalue weighted by atomic mass is 9.43. The highest BCUT2D eigenvalue weighted by molar-refractivity contribution is 5.89. The number of benzene rings is 2. The van der Waals surface area contributed by atoms with E-state index in [2.05, 4.69) is 0 Å². The smallest absolute Gasteiger partial charge is 0.413 e. The number of hydrogen-bond acceptors (Lipinski definition) is 14. The number of fused-ring (bicyclic) bond motifs is 5. The zero-order chi connectivity index (χ0) is 47.1. The Bertz CT molecular complexity index is 2200. The third kappa shape index (κ3) is 7.59. The first kappa shape index (κ1) is 47.1. The SMILES string of the molecule is CC(=O)O[C@@H]1C2=C(C)[C@@H](OC(=O)[C@@H]3OC(C)(C)N(C(=O)OC(C)(C)C)[C@@H]3c3ccccc3)C[C@@](O)(C(OC(=O)c3ccccc3)C3[C@@](C)([C@@H](C)C[C@H]4OC[C@@]34OC(C)=O)[C@H]1O)C2(C)C. The quantitative estimate of drug-likeness (QED) is 0.177. The zero-order valence-corrected chi connectivity index (χ0v) is 38.8. The molecular weight excluding hydrogens is 827 g/mol. The van der Waals surface area contributed by atoms with Crippen LogP contribution in [0.5, 0.6) is 0 Å². The predicted molar refractivity (Wildman–Crippen MR) is 229 cm³/mol. The predicted octanol–water partition coefficient (Wildman–Crippen LogP) is 6.38. The average Bonchev–Trinajstić information content (AvgIpc) is 3.49. The Hall–Kier alpha value is -4.83. The maximum absolute atomic E-state index is 15.0. The van der Waals surface area contributed by atoms with Crippen LogP contribution in [-0.2, 0) is 47.5 Å². The van der Waals surface area contributed by atoms with Gasteiger partial charge in [0.05, 0.1) is 18.1 Å². The molecule has 0 aromatic heterocycles. The molecule has 64 heavy (non-hydrogen) atoms. The second kappa shape index (κ2) is 16.2. The van der Waals surface area contributed by atoms with Crippen molar-refractivity contribution in [2.75, 3.05) is 6.61 Å². The molecule has 3 aliphatic carbocycles. The Balaban J connectivity index is 1.42. The van der Waals surface area contributed by atoms with Crippen LogP contribution >= 0.6 is 0 Å². The maximum Gasteiger partial charge on any atom is 0.413 e. The minimum atomic E-state index is -2.21. The number of rotatable bonds is 7. The molecule has 4 fully saturated rings. The fourth-order valence-electron chi connectivity index (χ4n) is 11.5. The van der Waals surface area contributed by atoms with Crippen LogP contribution < -0.4 is 0 Å². The van der Waals surface area contributed by atoms with Crippen molar-refractivity contribution in [3.05, 3.63) is 82.9 Å². The van der Waals surface area contributed by atoms with Gasteiger partial charge in [-0.2, -0.15) is 0 Å². The van der Waals surface area contributed by atoms with Gasteiger partial charge in [-0.25, -0.2) is 14.4 Å². The third-order valence-corrected chi connectivity index (χ3v) is 14.7. The largest absolute Gasteiger partial charge is 0.456 e. The summed E-state index contributed by atoms with van der Waals surface area (Å²) in [5.74, 6) is -4.71. The summed E-state index contributed by atoms with van der Waals surface area (Å²) in [5, 5.41) is 27.0. The van der Waals surface area contributed by atoms with Gasteiger partial charge in [0, 0.05) is 31.1 Å². The second-order valence-corrected chi connectivity index (χ2v) is 20.5. The first-order valence-electron chi connectivity index (χ1n) is 22.0. The summed E-state index contributed by atoms with van der Waals surface area (Å²) in [5.41, 5.74) is -7.53. The van der Waals surface area contributed by atoms with E-state index in [-0.39, 0.29) is 24.2 Å². The number of aliphatic hydroxyl groups is 2. The maximum atomic E-state index is 15.0. The van der Waals surface area contributed by atoms with Crippen molar-refractivity contribution in [1.82, 2.24) is 4.90 Å². The number of hydrogen-bond donors (Lipinski definition) is 2. The molecule has 0 radical (unpaired) electrons. The van der Waals surface area contributed by atoms with Crippen LogP contribution in [0.4, 0.5) is 4.79 Å². The Morgan fingerprint density at radius 1 is 0.859 bits per heavy atom. The standard InChI is InChI=1S/C49H63NO14/c1-26-23-33-48(25-58-33,62-29(4)52)38-40(61-41(54)31-21-17-14-18-22-31)49(57)24-32(27(2)34(45(49,8)9)36(59-28(3)51)39(53)47(26,38)12)60-42(55)37-35(30-19-15-13-16-20-30)50(46(10,11)63-37)43(56)64-44(5,6)7/h13-22,26,32-33,35-40,53,57H,23-25H2,1-12H3/t26-,32-,33+,35+,36+,37+,38?,39-,40?,47+,48-,49+/m0/s1. The first-order chi connectivity index (χ1) is 29.7. The van der Waals surface area contributed by atoms with Gasteiger partial charge in [-0.05, 0) is 82.7 Å². The van der Waals surface area contributed by atoms with Gasteiger partial charge in [-0.1, -0.05) is 76.2 Å². The fourth-order valence-corrected chi connectivity index (χ4v) is 11.5. The molecule has 5 aliphatic rings. The Kier molecular flexibility index (Phi) is 12.0. The molecule has 2 saturated carbocycles. The lowest BCUT2D eigenvalue weighted by Crippen LogP contribution is -2.81. The average molecular weight is 890 g/mol. The van der Waals surface area contributed by atoms with E-state index >= 15 is 0 Å². The van der Waals surface area contributed by atoms with Crippen LogP contribution in [0.15, 0.2) is 71.8 Å². The molecule has 12 atom stereocenters. The van der Waals surface area contributed by atoms with E-state index in [1.165, 1.54) is 18.7 Å². The van der Waals surface area contributed by atoms with Crippen molar-refractivity contribution in [3.63, 3.8) is 0 Å². The van der Waals surface area contributed by atoms with Crippen molar-refractivity contribution in [3.8, 4) is 0 Å². The van der Waals surface area contributed by atoms with Crippen molar-refractivity contribution in [2.24, 2.45) is 22.7 Å². The summed E-state index contributed by atoms with van der Waals surface area (Å²) < 4.78 is 43.8. The van der Waals surface area contributed by atoms with Crippen LogP contribution in [0.2, 0.25) is 0 Å². The number of carbonyl (C=O) groups is 5. The summed E-state index contributed by atoms with van der Waals surface area (Å²) in [6.45, 7) is 19.6. The molecule has 2 aromatic rings. The van der Waals surface area contributed by atoms with Gasteiger partial charge >= 0.3 is 30.0 Å². The fraction of sp³-hybridized carbons (Fsp3) is 0.612. The molecule has 2 N–H and O–H groups in total. The Labute approximate surface area is 374 Å². The van der Waals surface area contributed by atoms with E-state index in [1.54, 1.807) is 123 Å². The van der Waals surface area contributed by atoms with Gasteiger partial charge in [0.2, 0.25) is 0 Å². The van der Waals surface area contributed by atoms with Crippen LogP contribution in [0, 0.1) is 22.7 Å². The number of nitrogens with zero attached hydrogens (tertiary/aromatic N) is 1. The van der Waals surface area contributed by atoms with Gasteiger partial charge < -0.3 is 43.4 Å². The van der Waals surface area contributed by atoms with Gasteiger partial charge in [-0.3, -0.25) is 14.5 Å². The van der Waals surface area contributed by atoms with Crippen molar-refractivity contribution < 1.29 is 67.3 Å². The zero-order valence-electron chi connectivity index (χ0n) is 38.8. The first-order valence-corrected chi connectivity index (χ1v) is 22.0. The van der Waals surface area contributed by atoms with Crippen LogP contribution in [0.3, 0.4) is 0 Å². The molecule has 1 amide bonds.